The SMILES string of the molecule is CCCCCCCC(=O)NCc1ccc(-c2ncc(-c3ccc(N4CCOCC4)cc3)[nH]2)cc1. The van der Waals surface area contributed by atoms with Crippen molar-refractivity contribution in [3.63, 3.8) is 0 Å². The van der Waals surface area contributed by atoms with Gasteiger partial charge in [0.1, 0.15) is 5.82 Å². The number of amides is 1. The Hall–Kier alpha value is -3.12. The van der Waals surface area contributed by atoms with Gasteiger partial charge in [-0.3, -0.25) is 4.79 Å². The molecule has 34 heavy (non-hydrogen) atoms. The number of carbonyl (C=O) groups excluding carboxylic acids is 1. The Morgan fingerprint density at radius 1 is 0.971 bits per heavy atom. The molecule has 0 radical (unpaired) electrons. The zero-order valence-corrected chi connectivity index (χ0v) is 20.2. The average Bonchev–Trinajstić information content (AvgIpc) is 3.39. The monoisotopic (exact) mass is 460 g/mol. The van der Waals surface area contributed by atoms with Gasteiger partial charge in [-0.1, -0.05) is 69.0 Å². The normalized spacial score (nSPS) is 13.7. The molecule has 6 heteroatoms. The molecule has 1 aliphatic heterocycles. The van der Waals surface area contributed by atoms with E-state index in [1.54, 1.807) is 0 Å². The van der Waals surface area contributed by atoms with Crippen molar-refractivity contribution in [2.45, 2.75) is 52.0 Å². The Morgan fingerprint density at radius 2 is 1.68 bits per heavy atom. The summed E-state index contributed by atoms with van der Waals surface area (Å²) >= 11 is 0. The number of carbonyl (C=O) groups is 1. The maximum Gasteiger partial charge on any atom is 0.220 e. The lowest BCUT2D eigenvalue weighted by Crippen LogP contribution is -2.36. The summed E-state index contributed by atoms with van der Waals surface area (Å²) in [5.74, 6) is 0.978. The van der Waals surface area contributed by atoms with E-state index in [9.17, 15) is 4.79 Å². The molecule has 1 aromatic heterocycles. The lowest BCUT2D eigenvalue weighted by atomic mass is 10.1. The van der Waals surface area contributed by atoms with Crippen molar-refractivity contribution in [3.05, 3.63) is 60.3 Å². The van der Waals surface area contributed by atoms with Gasteiger partial charge in [0.05, 0.1) is 25.1 Å². The molecule has 0 bridgehead atoms. The number of unbranched alkanes of at least 4 members (excludes halogenated alkanes) is 4. The van der Waals surface area contributed by atoms with Gasteiger partial charge in [0.15, 0.2) is 0 Å². The predicted molar refractivity (Wildman–Crippen MR) is 138 cm³/mol. The molecule has 0 saturated carbocycles. The molecule has 0 aliphatic carbocycles. The Kier molecular flexibility index (Phi) is 8.74. The van der Waals surface area contributed by atoms with Gasteiger partial charge < -0.3 is 19.9 Å². The van der Waals surface area contributed by atoms with E-state index in [4.69, 9.17) is 4.74 Å². The second-order valence-electron chi connectivity index (χ2n) is 8.93. The molecule has 0 spiro atoms. The molecule has 1 fully saturated rings. The van der Waals surface area contributed by atoms with Crippen LogP contribution in [0, 0.1) is 0 Å². The first-order valence-electron chi connectivity index (χ1n) is 12.6. The Bertz CT molecular complexity index is 1020. The average molecular weight is 461 g/mol. The molecule has 0 atom stereocenters. The number of benzene rings is 2. The molecule has 180 valence electrons. The number of hydrogen-bond acceptors (Lipinski definition) is 4. The van der Waals surface area contributed by atoms with Crippen molar-refractivity contribution in [1.82, 2.24) is 15.3 Å². The highest BCUT2D eigenvalue weighted by Crippen LogP contribution is 2.25. The largest absolute Gasteiger partial charge is 0.378 e. The maximum absolute atomic E-state index is 12.1. The van der Waals surface area contributed by atoms with Crippen LogP contribution in [0.25, 0.3) is 22.6 Å². The predicted octanol–water partition coefficient (Wildman–Crippen LogP) is 5.56. The number of hydrogen-bond donors (Lipinski definition) is 2. The molecule has 1 aliphatic rings. The minimum Gasteiger partial charge on any atom is -0.378 e. The van der Waals surface area contributed by atoms with Crippen molar-refractivity contribution in [2.75, 3.05) is 31.2 Å². The van der Waals surface area contributed by atoms with Crippen LogP contribution in [0.4, 0.5) is 5.69 Å². The maximum atomic E-state index is 12.1. The van der Waals surface area contributed by atoms with Crippen LogP contribution in [-0.2, 0) is 16.1 Å². The topological polar surface area (TPSA) is 70.2 Å². The standard InChI is InChI=1S/C28H36N4O2/c1-2-3-4-5-6-7-27(33)29-20-22-8-10-24(11-9-22)28-30-21-26(31-28)23-12-14-25(15-13-23)32-16-18-34-19-17-32/h8-15,21H,2-7,16-20H2,1H3,(H,29,33)(H,30,31). The summed E-state index contributed by atoms with van der Waals surface area (Å²) in [5, 5.41) is 3.03. The molecule has 6 nitrogen and oxygen atoms in total. The van der Waals surface area contributed by atoms with E-state index in [0.717, 1.165) is 67.4 Å². The van der Waals surface area contributed by atoms with Gasteiger partial charge in [-0.15, -0.1) is 0 Å². The number of aromatic nitrogens is 2. The molecule has 3 aromatic rings. The summed E-state index contributed by atoms with van der Waals surface area (Å²) in [6.07, 6.45) is 8.31. The minimum absolute atomic E-state index is 0.135. The van der Waals surface area contributed by atoms with Gasteiger partial charge in [-0.2, -0.15) is 0 Å². The van der Waals surface area contributed by atoms with E-state index in [1.807, 2.05) is 6.20 Å². The van der Waals surface area contributed by atoms with Crippen molar-refractivity contribution < 1.29 is 9.53 Å². The number of anilines is 1. The number of aromatic amines is 1. The first kappa shape index (κ1) is 24.0. The van der Waals surface area contributed by atoms with Crippen LogP contribution in [0.1, 0.15) is 51.0 Å². The number of ether oxygens (including phenoxy) is 1. The third kappa shape index (κ3) is 6.70. The molecule has 2 N–H and O–H groups in total. The van der Waals surface area contributed by atoms with E-state index >= 15 is 0 Å². The van der Waals surface area contributed by atoms with Crippen molar-refractivity contribution >= 4 is 11.6 Å². The van der Waals surface area contributed by atoms with Gasteiger partial charge in [-0.05, 0) is 29.7 Å². The zero-order chi connectivity index (χ0) is 23.6. The molecular weight excluding hydrogens is 424 g/mol. The summed E-state index contributed by atoms with van der Waals surface area (Å²) < 4.78 is 5.44. The molecule has 1 amide bonds. The van der Waals surface area contributed by atoms with Gasteiger partial charge in [0.2, 0.25) is 5.91 Å². The third-order valence-corrected chi connectivity index (χ3v) is 6.35. The van der Waals surface area contributed by atoms with E-state index in [1.165, 1.54) is 24.9 Å². The second-order valence-corrected chi connectivity index (χ2v) is 8.93. The van der Waals surface area contributed by atoms with Crippen LogP contribution in [0.3, 0.4) is 0 Å². The van der Waals surface area contributed by atoms with Crippen LogP contribution in [0.5, 0.6) is 0 Å². The van der Waals surface area contributed by atoms with E-state index < -0.39 is 0 Å². The van der Waals surface area contributed by atoms with E-state index in [0.29, 0.717) is 13.0 Å². The number of rotatable bonds is 11. The van der Waals surface area contributed by atoms with Crippen LogP contribution in [-0.4, -0.2) is 42.2 Å². The smallest absolute Gasteiger partial charge is 0.220 e. The fourth-order valence-electron chi connectivity index (χ4n) is 4.25. The number of nitrogens with one attached hydrogen (secondary N) is 2. The molecule has 4 rings (SSSR count). The first-order valence-corrected chi connectivity index (χ1v) is 12.6. The molecule has 2 heterocycles. The van der Waals surface area contributed by atoms with Crippen LogP contribution in [0.15, 0.2) is 54.7 Å². The summed E-state index contributed by atoms with van der Waals surface area (Å²) in [6, 6.07) is 16.8. The Labute approximate surface area is 202 Å². The second kappa shape index (κ2) is 12.4. The highest BCUT2D eigenvalue weighted by Gasteiger charge is 2.12. The molecule has 0 unspecified atom stereocenters. The van der Waals surface area contributed by atoms with Crippen molar-refractivity contribution in [3.8, 4) is 22.6 Å². The van der Waals surface area contributed by atoms with Crippen LogP contribution >= 0.6 is 0 Å². The van der Waals surface area contributed by atoms with Gasteiger partial charge in [0, 0.05) is 37.3 Å². The molecule has 2 aromatic carbocycles. The fourth-order valence-corrected chi connectivity index (χ4v) is 4.25. The summed E-state index contributed by atoms with van der Waals surface area (Å²) in [6.45, 7) is 6.21. The van der Waals surface area contributed by atoms with Crippen molar-refractivity contribution in [1.29, 1.82) is 0 Å². The lowest BCUT2D eigenvalue weighted by molar-refractivity contribution is -0.121. The lowest BCUT2D eigenvalue weighted by Gasteiger charge is -2.28. The molecule has 1 saturated heterocycles. The van der Waals surface area contributed by atoms with Gasteiger partial charge in [0.25, 0.3) is 0 Å². The minimum atomic E-state index is 0.135. The third-order valence-electron chi connectivity index (χ3n) is 6.35. The Morgan fingerprint density at radius 3 is 2.41 bits per heavy atom. The van der Waals surface area contributed by atoms with Crippen molar-refractivity contribution in [2.24, 2.45) is 0 Å². The molecular formula is C28H36N4O2. The number of nitrogens with zero attached hydrogens (tertiary/aromatic N) is 2. The summed E-state index contributed by atoms with van der Waals surface area (Å²) in [5.41, 5.74) is 5.46. The number of H-pyrrole nitrogens is 1. The van der Waals surface area contributed by atoms with Crippen LogP contribution in [0.2, 0.25) is 0 Å². The zero-order valence-electron chi connectivity index (χ0n) is 20.2. The highest BCUT2D eigenvalue weighted by atomic mass is 16.5. The highest BCUT2D eigenvalue weighted by molar-refractivity contribution is 5.75. The summed E-state index contributed by atoms with van der Waals surface area (Å²) in [4.78, 5) is 22.4. The van der Waals surface area contributed by atoms with Crippen LogP contribution < -0.4 is 10.2 Å². The van der Waals surface area contributed by atoms with Gasteiger partial charge >= 0.3 is 0 Å². The van der Waals surface area contributed by atoms with E-state index in [2.05, 4.69) is 75.6 Å². The first-order chi connectivity index (χ1) is 16.7. The quantitative estimate of drug-likeness (QED) is 0.368. The number of imidazole rings is 1. The van der Waals surface area contributed by atoms with Gasteiger partial charge in [-0.25, -0.2) is 4.98 Å². The Balaban J connectivity index is 1.28. The fraction of sp³-hybridized carbons (Fsp3) is 0.429. The number of morpholine rings is 1. The summed E-state index contributed by atoms with van der Waals surface area (Å²) in [7, 11) is 0. The van der Waals surface area contributed by atoms with E-state index in [-0.39, 0.29) is 5.91 Å².